The number of esters is 1. The van der Waals surface area contributed by atoms with Gasteiger partial charge < -0.3 is 9.15 Å². The van der Waals surface area contributed by atoms with Gasteiger partial charge >= 0.3 is 5.97 Å². The molecule has 1 fully saturated rings. The predicted octanol–water partition coefficient (Wildman–Crippen LogP) is 1.91. The molecule has 0 bridgehead atoms. The summed E-state index contributed by atoms with van der Waals surface area (Å²) >= 11 is 0. The van der Waals surface area contributed by atoms with E-state index >= 15 is 0 Å². The summed E-state index contributed by atoms with van der Waals surface area (Å²) in [7, 11) is 0. The monoisotopic (exact) mass is 190 g/mol. The summed E-state index contributed by atoms with van der Waals surface area (Å²) < 4.78 is 10.2. The third-order valence-corrected chi connectivity index (χ3v) is 2.10. The van der Waals surface area contributed by atoms with Crippen LogP contribution in [0.1, 0.15) is 24.7 Å². The molecule has 1 aromatic heterocycles. The van der Waals surface area contributed by atoms with Gasteiger partial charge in [0.15, 0.2) is 5.76 Å². The molecule has 3 heteroatoms. The Bertz CT molecular complexity index is 354. The molecule has 1 heterocycles. The molecule has 1 atom stereocenters. The van der Waals surface area contributed by atoms with Crippen molar-refractivity contribution in [3.05, 3.63) is 24.2 Å². The third-order valence-electron chi connectivity index (χ3n) is 2.10. The molecule has 1 unspecified atom stereocenters. The average Bonchev–Trinajstić information content (AvgIpc) is 2.91. The van der Waals surface area contributed by atoms with Crippen molar-refractivity contribution < 1.29 is 13.9 Å². The van der Waals surface area contributed by atoms with Gasteiger partial charge in [0.2, 0.25) is 6.10 Å². The number of hydrogen-bond donors (Lipinski definition) is 0. The Kier molecular flexibility index (Phi) is 2.28. The first-order chi connectivity index (χ1) is 6.81. The molecule has 1 aromatic rings. The second-order valence-corrected chi connectivity index (χ2v) is 3.27. The highest BCUT2D eigenvalue weighted by Crippen LogP contribution is 2.32. The van der Waals surface area contributed by atoms with Gasteiger partial charge in [0.1, 0.15) is 0 Å². The van der Waals surface area contributed by atoms with Crippen LogP contribution in [0.5, 0.6) is 0 Å². The molecule has 3 nitrogen and oxygen atoms in total. The van der Waals surface area contributed by atoms with E-state index in [1.165, 1.54) is 6.26 Å². The Morgan fingerprint density at radius 3 is 3.00 bits per heavy atom. The second kappa shape index (κ2) is 3.59. The van der Waals surface area contributed by atoms with E-state index in [9.17, 15) is 4.79 Å². The molecular formula is C11H10O3. The summed E-state index contributed by atoms with van der Waals surface area (Å²) in [6.45, 7) is 0. The van der Waals surface area contributed by atoms with Gasteiger partial charge in [-0.3, -0.25) is 4.79 Å². The lowest BCUT2D eigenvalue weighted by Gasteiger charge is -2.08. The molecule has 0 spiro atoms. The highest BCUT2D eigenvalue weighted by Gasteiger charge is 2.33. The van der Waals surface area contributed by atoms with E-state index in [-0.39, 0.29) is 11.9 Å². The number of terminal acetylenes is 1. The minimum atomic E-state index is -0.682. The number of rotatable bonds is 3. The maximum absolute atomic E-state index is 11.3. The fraction of sp³-hybridized carbons (Fsp3) is 0.364. The van der Waals surface area contributed by atoms with Crippen LogP contribution in [-0.2, 0) is 9.53 Å². The van der Waals surface area contributed by atoms with E-state index in [4.69, 9.17) is 15.6 Å². The molecule has 0 aliphatic heterocycles. The number of ether oxygens (including phenoxy) is 1. The molecule has 1 saturated carbocycles. The van der Waals surface area contributed by atoms with Crippen LogP contribution in [0.4, 0.5) is 0 Å². The minimum absolute atomic E-state index is 0.0563. The molecule has 2 rings (SSSR count). The van der Waals surface area contributed by atoms with Crippen molar-refractivity contribution in [1.29, 1.82) is 0 Å². The summed E-state index contributed by atoms with van der Waals surface area (Å²) in [5, 5.41) is 0. The van der Waals surface area contributed by atoms with Gasteiger partial charge in [-0.25, -0.2) is 0 Å². The van der Waals surface area contributed by atoms with E-state index in [0.29, 0.717) is 5.76 Å². The Morgan fingerprint density at radius 1 is 1.71 bits per heavy atom. The number of carbonyl (C=O) groups is 1. The highest BCUT2D eigenvalue weighted by atomic mass is 16.6. The lowest BCUT2D eigenvalue weighted by Crippen LogP contribution is -2.10. The van der Waals surface area contributed by atoms with Gasteiger partial charge in [-0.1, -0.05) is 5.92 Å². The summed E-state index contributed by atoms with van der Waals surface area (Å²) in [6, 6.07) is 3.41. The maximum Gasteiger partial charge on any atom is 0.310 e. The van der Waals surface area contributed by atoms with Gasteiger partial charge in [-0.05, 0) is 25.0 Å². The van der Waals surface area contributed by atoms with Crippen molar-refractivity contribution in [2.24, 2.45) is 5.92 Å². The average molecular weight is 190 g/mol. The molecule has 0 N–H and O–H groups in total. The van der Waals surface area contributed by atoms with Crippen LogP contribution in [0.15, 0.2) is 22.8 Å². The van der Waals surface area contributed by atoms with Gasteiger partial charge in [0.25, 0.3) is 0 Å². The lowest BCUT2D eigenvalue weighted by atomic mass is 10.3. The summed E-state index contributed by atoms with van der Waals surface area (Å²) in [6.07, 6.45) is 7.89. The SMILES string of the molecule is C#CC(OC(=O)C1CC1)c1ccco1. The lowest BCUT2D eigenvalue weighted by molar-refractivity contribution is -0.149. The van der Waals surface area contributed by atoms with Crippen molar-refractivity contribution >= 4 is 5.97 Å². The zero-order valence-electron chi connectivity index (χ0n) is 7.60. The van der Waals surface area contributed by atoms with Crippen LogP contribution in [0, 0.1) is 18.3 Å². The quantitative estimate of drug-likeness (QED) is 0.540. The summed E-state index contributed by atoms with van der Waals surface area (Å²) in [5.74, 6) is 2.72. The van der Waals surface area contributed by atoms with E-state index in [1.54, 1.807) is 12.1 Å². The smallest absolute Gasteiger partial charge is 0.310 e. The predicted molar refractivity (Wildman–Crippen MR) is 49.1 cm³/mol. The number of hydrogen-bond acceptors (Lipinski definition) is 3. The molecule has 72 valence electrons. The van der Waals surface area contributed by atoms with Crippen LogP contribution < -0.4 is 0 Å². The molecule has 1 aliphatic rings. The van der Waals surface area contributed by atoms with E-state index in [1.807, 2.05) is 0 Å². The standard InChI is InChI=1S/C11H10O3/c1-2-9(10-4-3-7-13-10)14-11(12)8-5-6-8/h1,3-4,7-9H,5-6H2. The van der Waals surface area contributed by atoms with E-state index < -0.39 is 6.10 Å². The van der Waals surface area contributed by atoms with Crippen LogP contribution in [-0.4, -0.2) is 5.97 Å². The van der Waals surface area contributed by atoms with Gasteiger partial charge in [-0.2, -0.15) is 0 Å². The molecule has 1 aliphatic carbocycles. The molecule has 0 aromatic carbocycles. The maximum atomic E-state index is 11.3. The second-order valence-electron chi connectivity index (χ2n) is 3.27. The Labute approximate surface area is 82.0 Å². The minimum Gasteiger partial charge on any atom is -0.464 e. The number of carbonyl (C=O) groups excluding carboxylic acids is 1. The van der Waals surface area contributed by atoms with Gasteiger partial charge in [0, 0.05) is 0 Å². The Balaban J connectivity index is 2.00. The van der Waals surface area contributed by atoms with E-state index in [2.05, 4.69) is 5.92 Å². The van der Waals surface area contributed by atoms with Crippen LogP contribution in [0.25, 0.3) is 0 Å². The molecule has 14 heavy (non-hydrogen) atoms. The van der Waals surface area contributed by atoms with Crippen molar-refractivity contribution in [1.82, 2.24) is 0 Å². The fourth-order valence-corrected chi connectivity index (χ4v) is 1.15. The van der Waals surface area contributed by atoms with Crippen molar-refractivity contribution in [2.45, 2.75) is 18.9 Å². The highest BCUT2D eigenvalue weighted by molar-refractivity contribution is 5.75. The first kappa shape index (κ1) is 8.89. The fourth-order valence-electron chi connectivity index (χ4n) is 1.15. The molecule has 0 amide bonds. The summed E-state index contributed by atoms with van der Waals surface area (Å²) in [4.78, 5) is 11.3. The van der Waals surface area contributed by atoms with Crippen molar-refractivity contribution in [3.8, 4) is 12.3 Å². The van der Waals surface area contributed by atoms with Gasteiger partial charge in [-0.15, -0.1) is 6.42 Å². The molecular weight excluding hydrogens is 180 g/mol. The normalized spacial score (nSPS) is 17.1. The van der Waals surface area contributed by atoms with Crippen molar-refractivity contribution in [2.75, 3.05) is 0 Å². The van der Waals surface area contributed by atoms with Crippen molar-refractivity contribution in [3.63, 3.8) is 0 Å². The van der Waals surface area contributed by atoms with Crippen LogP contribution in [0.3, 0.4) is 0 Å². The molecule has 0 saturated heterocycles. The van der Waals surface area contributed by atoms with E-state index in [0.717, 1.165) is 12.8 Å². The van der Waals surface area contributed by atoms with Crippen LogP contribution in [0.2, 0.25) is 0 Å². The first-order valence-corrected chi connectivity index (χ1v) is 4.51. The molecule has 0 radical (unpaired) electrons. The van der Waals surface area contributed by atoms with Gasteiger partial charge in [0.05, 0.1) is 12.2 Å². The largest absolute Gasteiger partial charge is 0.464 e. The first-order valence-electron chi connectivity index (χ1n) is 4.51. The third kappa shape index (κ3) is 1.80. The topological polar surface area (TPSA) is 39.4 Å². The zero-order chi connectivity index (χ0) is 9.97. The van der Waals surface area contributed by atoms with Crippen LogP contribution >= 0.6 is 0 Å². The Morgan fingerprint density at radius 2 is 2.50 bits per heavy atom. The zero-order valence-corrected chi connectivity index (χ0v) is 7.60. The number of furan rings is 1. The Hall–Kier alpha value is -1.69. The summed E-state index contributed by atoms with van der Waals surface area (Å²) in [5.41, 5.74) is 0.